The van der Waals surface area contributed by atoms with Gasteiger partial charge in [-0.1, -0.05) is 44.2 Å². The quantitative estimate of drug-likeness (QED) is 0.895. The molecule has 1 N–H and O–H groups in total. The summed E-state index contributed by atoms with van der Waals surface area (Å²) in [6.45, 7) is 7.98. The fraction of sp³-hybridized carbons (Fsp3) is 0.588. The van der Waals surface area contributed by atoms with Crippen LogP contribution in [0.15, 0.2) is 30.3 Å². The Morgan fingerprint density at radius 3 is 2.80 bits per heavy atom. The Kier molecular flexibility index (Phi) is 5.60. The van der Waals surface area contributed by atoms with Crippen molar-refractivity contribution in [2.75, 3.05) is 19.6 Å². The van der Waals surface area contributed by atoms with Gasteiger partial charge in [0.15, 0.2) is 0 Å². The van der Waals surface area contributed by atoms with Crippen molar-refractivity contribution in [2.45, 2.75) is 33.2 Å². The van der Waals surface area contributed by atoms with E-state index in [1.54, 1.807) is 0 Å². The van der Waals surface area contributed by atoms with Crippen LogP contribution in [0, 0.1) is 11.8 Å². The maximum absolute atomic E-state index is 12.2. The largest absolute Gasteiger partial charge is 0.356 e. The summed E-state index contributed by atoms with van der Waals surface area (Å²) in [5, 5.41) is 3.07. The van der Waals surface area contributed by atoms with Gasteiger partial charge >= 0.3 is 0 Å². The zero-order valence-electron chi connectivity index (χ0n) is 12.6. The molecule has 20 heavy (non-hydrogen) atoms. The Morgan fingerprint density at radius 2 is 2.10 bits per heavy atom. The second kappa shape index (κ2) is 7.44. The van der Waals surface area contributed by atoms with E-state index in [2.05, 4.69) is 48.3 Å². The minimum absolute atomic E-state index is 0.159. The molecule has 1 aliphatic rings. The van der Waals surface area contributed by atoms with E-state index < -0.39 is 0 Å². The molecule has 0 radical (unpaired) electrons. The first-order valence-corrected chi connectivity index (χ1v) is 7.69. The van der Waals surface area contributed by atoms with Gasteiger partial charge in [0.1, 0.15) is 0 Å². The third-order valence-electron chi connectivity index (χ3n) is 3.81. The highest BCUT2D eigenvalue weighted by Gasteiger charge is 2.25. The molecule has 0 spiro atoms. The monoisotopic (exact) mass is 274 g/mol. The number of piperidine rings is 1. The molecule has 0 bridgehead atoms. The van der Waals surface area contributed by atoms with E-state index in [0.29, 0.717) is 5.92 Å². The Balaban J connectivity index is 1.83. The molecule has 1 aromatic rings. The number of carbonyl (C=O) groups is 1. The number of rotatable bonds is 5. The van der Waals surface area contributed by atoms with E-state index in [9.17, 15) is 4.79 Å². The van der Waals surface area contributed by atoms with Crippen molar-refractivity contribution in [2.24, 2.45) is 11.8 Å². The molecule has 1 saturated heterocycles. The lowest BCUT2D eigenvalue weighted by Crippen LogP contribution is -2.43. The maximum Gasteiger partial charge on any atom is 0.224 e. The van der Waals surface area contributed by atoms with Gasteiger partial charge in [0.25, 0.3) is 0 Å². The molecule has 3 nitrogen and oxygen atoms in total. The van der Waals surface area contributed by atoms with Crippen LogP contribution in [0.4, 0.5) is 0 Å². The summed E-state index contributed by atoms with van der Waals surface area (Å²) < 4.78 is 0. The summed E-state index contributed by atoms with van der Waals surface area (Å²) in [6, 6.07) is 10.5. The summed E-state index contributed by atoms with van der Waals surface area (Å²) in [5.74, 6) is 0.908. The van der Waals surface area contributed by atoms with Gasteiger partial charge in [0.05, 0.1) is 5.92 Å². The molecular weight excluding hydrogens is 248 g/mol. The number of nitrogens with one attached hydrogen (secondary N) is 1. The summed E-state index contributed by atoms with van der Waals surface area (Å²) in [7, 11) is 0. The lowest BCUT2D eigenvalue weighted by atomic mass is 9.96. The molecule has 0 aromatic heterocycles. The van der Waals surface area contributed by atoms with Crippen molar-refractivity contribution < 1.29 is 4.79 Å². The normalized spacial score (nSPS) is 20.1. The lowest BCUT2D eigenvalue weighted by molar-refractivity contribution is -0.126. The number of hydrogen-bond donors (Lipinski definition) is 1. The average molecular weight is 274 g/mol. The fourth-order valence-electron chi connectivity index (χ4n) is 2.70. The molecule has 1 atom stereocenters. The van der Waals surface area contributed by atoms with Crippen LogP contribution in [0.2, 0.25) is 0 Å². The van der Waals surface area contributed by atoms with E-state index in [0.717, 1.165) is 39.0 Å². The molecule has 0 saturated carbocycles. The van der Waals surface area contributed by atoms with Crippen LogP contribution >= 0.6 is 0 Å². The third kappa shape index (κ3) is 4.64. The molecule has 1 amide bonds. The van der Waals surface area contributed by atoms with Crippen LogP contribution in [0.1, 0.15) is 32.3 Å². The predicted octanol–water partition coefficient (Wildman–Crippen LogP) is 2.67. The summed E-state index contributed by atoms with van der Waals surface area (Å²) in [4.78, 5) is 14.6. The molecule has 110 valence electrons. The number of amides is 1. The Hall–Kier alpha value is -1.35. The van der Waals surface area contributed by atoms with E-state index in [1.807, 2.05) is 6.07 Å². The van der Waals surface area contributed by atoms with Gasteiger partial charge < -0.3 is 5.32 Å². The molecule has 0 unspecified atom stereocenters. The van der Waals surface area contributed by atoms with Crippen molar-refractivity contribution in [3.05, 3.63) is 35.9 Å². The topological polar surface area (TPSA) is 32.3 Å². The molecule has 1 fully saturated rings. The van der Waals surface area contributed by atoms with Crippen molar-refractivity contribution in [3.63, 3.8) is 0 Å². The van der Waals surface area contributed by atoms with Crippen molar-refractivity contribution in [1.82, 2.24) is 10.2 Å². The maximum atomic E-state index is 12.2. The second-order valence-electron chi connectivity index (χ2n) is 6.20. The van der Waals surface area contributed by atoms with E-state index in [4.69, 9.17) is 0 Å². The van der Waals surface area contributed by atoms with Crippen LogP contribution in [0.25, 0.3) is 0 Å². The van der Waals surface area contributed by atoms with Crippen molar-refractivity contribution >= 4 is 5.91 Å². The first kappa shape index (κ1) is 15.0. The molecule has 0 aliphatic carbocycles. The van der Waals surface area contributed by atoms with E-state index in [-0.39, 0.29) is 11.8 Å². The van der Waals surface area contributed by atoms with Crippen molar-refractivity contribution in [1.29, 1.82) is 0 Å². The van der Waals surface area contributed by atoms with Crippen molar-refractivity contribution in [3.8, 4) is 0 Å². The van der Waals surface area contributed by atoms with Gasteiger partial charge in [-0.25, -0.2) is 0 Å². The first-order chi connectivity index (χ1) is 9.65. The van der Waals surface area contributed by atoms with Crippen LogP contribution in [0.5, 0.6) is 0 Å². The Labute approximate surface area is 122 Å². The number of nitrogens with zero attached hydrogens (tertiary/aromatic N) is 1. The highest BCUT2D eigenvalue weighted by molar-refractivity contribution is 5.78. The fourth-order valence-corrected chi connectivity index (χ4v) is 2.70. The van der Waals surface area contributed by atoms with Crippen LogP contribution < -0.4 is 5.32 Å². The number of likely N-dealkylation sites (tertiary alicyclic amines) is 1. The van der Waals surface area contributed by atoms with Gasteiger partial charge in [-0.05, 0) is 30.9 Å². The molecular formula is C17H26N2O. The average Bonchev–Trinajstić information content (AvgIpc) is 2.46. The molecule has 1 aromatic carbocycles. The number of benzene rings is 1. The van der Waals surface area contributed by atoms with Crippen LogP contribution in [-0.4, -0.2) is 30.4 Å². The Morgan fingerprint density at radius 1 is 1.35 bits per heavy atom. The molecule has 1 heterocycles. The minimum Gasteiger partial charge on any atom is -0.356 e. The zero-order valence-corrected chi connectivity index (χ0v) is 12.6. The number of carbonyl (C=O) groups excluding carboxylic acids is 1. The SMILES string of the molecule is CC(C)CNC(=O)[C@@H]1CCCN(Cc2ccccc2)C1. The van der Waals surface area contributed by atoms with E-state index >= 15 is 0 Å². The van der Waals surface area contributed by atoms with Gasteiger partial charge in [-0.2, -0.15) is 0 Å². The van der Waals surface area contributed by atoms with Gasteiger partial charge in [-0.15, -0.1) is 0 Å². The number of hydrogen-bond acceptors (Lipinski definition) is 2. The highest BCUT2D eigenvalue weighted by Crippen LogP contribution is 2.18. The van der Waals surface area contributed by atoms with Crippen LogP contribution in [0.3, 0.4) is 0 Å². The van der Waals surface area contributed by atoms with Gasteiger partial charge in [0, 0.05) is 19.6 Å². The zero-order chi connectivity index (χ0) is 14.4. The minimum atomic E-state index is 0.159. The standard InChI is InChI=1S/C17H26N2O/c1-14(2)11-18-17(20)16-9-6-10-19(13-16)12-15-7-4-3-5-8-15/h3-5,7-8,14,16H,6,9-13H2,1-2H3,(H,18,20)/t16-/m1/s1. The summed E-state index contributed by atoms with van der Waals surface area (Å²) in [6.07, 6.45) is 2.14. The molecule has 3 heteroatoms. The highest BCUT2D eigenvalue weighted by atomic mass is 16.1. The molecule has 2 rings (SSSR count). The van der Waals surface area contributed by atoms with Gasteiger partial charge in [-0.3, -0.25) is 9.69 Å². The lowest BCUT2D eigenvalue weighted by Gasteiger charge is -2.32. The summed E-state index contributed by atoms with van der Waals surface area (Å²) >= 11 is 0. The smallest absolute Gasteiger partial charge is 0.224 e. The van der Waals surface area contributed by atoms with Crippen LogP contribution in [-0.2, 0) is 11.3 Å². The van der Waals surface area contributed by atoms with E-state index in [1.165, 1.54) is 5.56 Å². The first-order valence-electron chi connectivity index (χ1n) is 7.69. The van der Waals surface area contributed by atoms with Gasteiger partial charge in [0.2, 0.25) is 5.91 Å². The Bertz CT molecular complexity index is 416. The predicted molar refractivity (Wildman–Crippen MR) is 82.3 cm³/mol. The molecule has 1 aliphatic heterocycles. The third-order valence-corrected chi connectivity index (χ3v) is 3.81. The second-order valence-corrected chi connectivity index (χ2v) is 6.20. The summed E-state index contributed by atoms with van der Waals surface area (Å²) in [5.41, 5.74) is 1.33.